The molecule has 0 N–H and O–H groups in total. The molecular formula is C18H18FN3O4S. The minimum atomic E-state index is -3.78. The molecule has 1 aromatic carbocycles. The van der Waals surface area contributed by atoms with Crippen LogP contribution < -0.4 is 0 Å². The highest BCUT2D eigenvalue weighted by Gasteiger charge is 2.33. The summed E-state index contributed by atoms with van der Waals surface area (Å²) >= 11 is 0. The predicted molar refractivity (Wildman–Crippen MR) is 93.9 cm³/mol. The Bertz CT molecular complexity index is 1060. The third kappa shape index (κ3) is 3.52. The molecule has 1 atom stereocenters. The Labute approximate surface area is 155 Å². The van der Waals surface area contributed by atoms with Crippen LogP contribution in [-0.4, -0.2) is 36.0 Å². The molecule has 3 aromatic rings. The van der Waals surface area contributed by atoms with Gasteiger partial charge in [0.05, 0.1) is 10.8 Å². The zero-order valence-corrected chi connectivity index (χ0v) is 15.4. The summed E-state index contributed by atoms with van der Waals surface area (Å²) in [5.41, 5.74) is 0. The van der Waals surface area contributed by atoms with Gasteiger partial charge in [0.15, 0.2) is 5.76 Å². The molecule has 1 fully saturated rings. The average molecular weight is 391 g/mol. The lowest BCUT2D eigenvalue weighted by molar-refractivity contribution is 0.265. The summed E-state index contributed by atoms with van der Waals surface area (Å²) in [6.45, 7) is 2.40. The molecule has 7 nitrogen and oxygen atoms in total. The summed E-state index contributed by atoms with van der Waals surface area (Å²) in [6.07, 6.45) is 1.38. The summed E-state index contributed by atoms with van der Waals surface area (Å²) in [7, 11) is -3.78. The minimum Gasteiger partial charge on any atom is -0.458 e. The zero-order valence-electron chi connectivity index (χ0n) is 14.6. The van der Waals surface area contributed by atoms with Crippen LogP contribution in [0.2, 0.25) is 0 Å². The van der Waals surface area contributed by atoms with Gasteiger partial charge >= 0.3 is 0 Å². The molecule has 0 amide bonds. The fourth-order valence-corrected chi connectivity index (χ4v) is 4.75. The molecule has 27 heavy (non-hydrogen) atoms. The first-order chi connectivity index (χ1) is 12.9. The van der Waals surface area contributed by atoms with Crippen molar-refractivity contribution in [1.29, 1.82) is 0 Å². The molecule has 142 valence electrons. The van der Waals surface area contributed by atoms with Crippen LogP contribution >= 0.6 is 0 Å². The van der Waals surface area contributed by atoms with Gasteiger partial charge in [-0.3, -0.25) is 0 Å². The smallest absolute Gasteiger partial charge is 0.243 e. The Hall–Kier alpha value is -2.52. The maximum absolute atomic E-state index is 13.4. The molecule has 0 saturated carbocycles. The molecule has 0 bridgehead atoms. The average Bonchev–Trinajstić information content (AvgIpc) is 3.31. The standard InChI is InChI=1S/C18H18FN3O4S/c1-12-7-8-16(25-12)17-20-18(26-21-17)13-4-3-9-22(11-13)27(23,24)15-6-2-5-14(19)10-15/h2,5-8,10,13H,3-4,9,11H2,1H3/t13-/m0/s1. The summed E-state index contributed by atoms with van der Waals surface area (Å²) in [4.78, 5) is 4.31. The number of aromatic nitrogens is 2. The van der Waals surface area contributed by atoms with Crippen LogP contribution in [0.5, 0.6) is 0 Å². The Morgan fingerprint density at radius 1 is 1.26 bits per heavy atom. The molecule has 4 rings (SSSR count). The molecule has 1 aliphatic heterocycles. The van der Waals surface area contributed by atoms with Crippen molar-refractivity contribution in [2.45, 2.75) is 30.6 Å². The van der Waals surface area contributed by atoms with E-state index in [9.17, 15) is 12.8 Å². The Balaban J connectivity index is 1.56. The van der Waals surface area contributed by atoms with Gasteiger partial charge in [0.1, 0.15) is 11.6 Å². The van der Waals surface area contributed by atoms with Crippen molar-refractivity contribution < 1.29 is 21.7 Å². The lowest BCUT2D eigenvalue weighted by Gasteiger charge is -2.30. The topological polar surface area (TPSA) is 89.4 Å². The Morgan fingerprint density at radius 2 is 2.11 bits per heavy atom. The number of aryl methyl sites for hydroxylation is 1. The van der Waals surface area contributed by atoms with Crippen LogP contribution in [0.15, 0.2) is 50.2 Å². The first kappa shape index (κ1) is 17.9. The normalized spacial score (nSPS) is 18.7. The van der Waals surface area contributed by atoms with E-state index < -0.39 is 15.8 Å². The number of sulfonamides is 1. The van der Waals surface area contributed by atoms with Gasteiger partial charge in [0.25, 0.3) is 0 Å². The number of halogens is 1. The van der Waals surface area contributed by atoms with Crippen molar-refractivity contribution in [1.82, 2.24) is 14.4 Å². The summed E-state index contributed by atoms with van der Waals surface area (Å²) < 4.78 is 51.3. The molecule has 0 radical (unpaired) electrons. The van der Waals surface area contributed by atoms with Crippen LogP contribution in [0.4, 0.5) is 4.39 Å². The Kier molecular flexibility index (Phi) is 4.56. The van der Waals surface area contributed by atoms with Gasteiger partial charge in [-0.25, -0.2) is 12.8 Å². The maximum Gasteiger partial charge on any atom is 0.243 e. The van der Waals surface area contributed by atoms with Gasteiger partial charge in [-0.05, 0) is 50.1 Å². The number of hydrogen-bond donors (Lipinski definition) is 0. The Morgan fingerprint density at radius 3 is 2.85 bits per heavy atom. The number of hydrogen-bond acceptors (Lipinski definition) is 6. The third-order valence-corrected chi connectivity index (χ3v) is 6.43. The second kappa shape index (κ2) is 6.90. The van der Waals surface area contributed by atoms with Gasteiger partial charge in [0, 0.05) is 13.1 Å². The van der Waals surface area contributed by atoms with Crippen LogP contribution in [-0.2, 0) is 10.0 Å². The molecule has 2 aromatic heterocycles. The van der Waals surface area contributed by atoms with Crippen LogP contribution in [0.25, 0.3) is 11.6 Å². The largest absolute Gasteiger partial charge is 0.458 e. The van der Waals surface area contributed by atoms with E-state index in [-0.39, 0.29) is 17.4 Å². The van der Waals surface area contributed by atoms with E-state index in [0.717, 1.165) is 18.2 Å². The first-order valence-electron chi connectivity index (χ1n) is 8.59. The van der Waals surface area contributed by atoms with Crippen LogP contribution in [0, 0.1) is 12.7 Å². The number of rotatable bonds is 4. The molecule has 9 heteroatoms. The van der Waals surface area contributed by atoms with Crippen molar-refractivity contribution in [3.63, 3.8) is 0 Å². The number of benzene rings is 1. The number of nitrogens with zero attached hydrogens (tertiary/aromatic N) is 3. The predicted octanol–water partition coefficient (Wildman–Crippen LogP) is 3.35. The van der Waals surface area contributed by atoms with E-state index in [0.29, 0.717) is 30.4 Å². The molecule has 0 aliphatic carbocycles. The zero-order chi connectivity index (χ0) is 19.0. The molecular weight excluding hydrogens is 373 g/mol. The van der Waals surface area contributed by atoms with Gasteiger partial charge in [0.2, 0.25) is 21.7 Å². The lowest BCUT2D eigenvalue weighted by atomic mass is 10.00. The highest BCUT2D eigenvalue weighted by Crippen LogP contribution is 2.31. The summed E-state index contributed by atoms with van der Waals surface area (Å²) in [5, 5.41) is 3.93. The molecule has 1 saturated heterocycles. The van der Waals surface area contributed by atoms with Crippen molar-refractivity contribution >= 4 is 10.0 Å². The van der Waals surface area contributed by atoms with Gasteiger partial charge in [-0.1, -0.05) is 11.2 Å². The van der Waals surface area contributed by atoms with Gasteiger partial charge < -0.3 is 8.94 Å². The quantitative estimate of drug-likeness (QED) is 0.678. The summed E-state index contributed by atoms with van der Waals surface area (Å²) in [6, 6.07) is 8.59. The van der Waals surface area contributed by atoms with E-state index in [2.05, 4.69) is 10.1 Å². The van der Waals surface area contributed by atoms with E-state index in [1.165, 1.54) is 22.5 Å². The number of furan rings is 1. The highest BCUT2D eigenvalue weighted by molar-refractivity contribution is 7.89. The summed E-state index contributed by atoms with van der Waals surface area (Å²) in [5.74, 6) is 1.14. The molecule has 0 unspecified atom stereocenters. The fraction of sp³-hybridized carbons (Fsp3) is 0.333. The molecule has 3 heterocycles. The van der Waals surface area contributed by atoms with E-state index in [1.807, 2.05) is 6.92 Å². The molecule has 1 aliphatic rings. The second-order valence-corrected chi connectivity index (χ2v) is 8.46. The van der Waals surface area contributed by atoms with E-state index in [1.54, 1.807) is 12.1 Å². The second-order valence-electron chi connectivity index (χ2n) is 6.53. The van der Waals surface area contributed by atoms with E-state index in [4.69, 9.17) is 8.94 Å². The number of piperidine rings is 1. The van der Waals surface area contributed by atoms with Crippen molar-refractivity contribution in [3.05, 3.63) is 53.9 Å². The third-order valence-electron chi connectivity index (χ3n) is 4.57. The SMILES string of the molecule is Cc1ccc(-c2noc([C@H]3CCCN(S(=O)(=O)c4cccc(F)c4)C3)n2)o1. The maximum atomic E-state index is 13.4. The van der Waals surface area contributed by atoms with Crippen LogP contribution in [0.3, 0.4) is 0 Å². The van der Waals surface area contributed by atoms with Crippen molar-refractivity contribution in [2.24, 2.45) is 0 Å². The van der Waals surface area contributed by atoms with Gasteiger partial charge in [-0.2, -0.15) is 9.29 Å². The highest BCUT2D eigenvalue weighted by atomic mass is 32.2. The lowest BCUT2D eigenvalue weighted by Crippen LogP contribution is -2.39. The minimum absolute atomic E-state index is 0.0552. The van der Waals surface area contributed by atoms with E-state index >= 15 is 0 Å². The first-order valence-corrected chi connectivity index (χ1v) is 10.0. The fourth-order valence-electron chi connectivity index (χ4n) is 3.19. The van der Waals surface area contributed by atoms with Crippen LogP contribution in [0.1, 0.15) is 30.4 Å². The monoisotopic (exact) mass is 391 g/mol. The van der Waals surface area contributed by atoms with Gasteiger partial charge in [-0.15, -0.1) is 0 Å². The van der Waals surface area contributed by atoms with Crippen molar-refractivity contribution in [2.75, 3.05) is 13.1 Å². The van der Waals surface area contributed by atoms with Crippen molar-refractivity contribution in [3.8, 4) is 11.6 Å². The molecule has 0 spiro atoms.